The van der Waals surface area contributed by atoms with Crippen molar-refractivity contribution in [1.29, 1.82) is 0 Å². The summed E-state index contributed by atoms with van der Waals surface area (Å²) in [5.41, 5.74) is 1.93. The summed E-state index contributed by atoms with van der Waals surface area (Å²) in [4.78, 5) is 24.4. The molecular weight excluding hydrogens is 382 g/mol. The van der Waals surface area contributed by atoms with E-state index in [1.807, 2.05) is 25.1 Å². The summed E-state index contributed by atoms with van der Waals surface area (Å²) in [6.07, 6.45) is 1.97. The highest BCUT2D eigenvalue weighted by atomic mass is 16.5. The summed E-state index contributed by atoms with van der Waals surface area (Å²) in [6, 6.07) is 14.3. The Labute approximate surface area is 178 Å². The van der Waals surface area contributed by atoms with Crippen molar-refractivity contribution < 1.29 is 19.1 Å². The van der Waals surface area contributed by atoms with Crippen molar-refractivity contribution in [2.24, 2.45) is 0 Å². The van der Waals surface area contributed by atoms with E-state index in [0.717, 1.165) is 12.8 Å². The predicted molar refractivity (Wildman–Crippen MR) is 119 cm³/mol. The van der Waals surface area contributed by atoms with E-state index in [-0.39, 0.29) is 18.4 Å². The fourth-order valence-corrected chi connectivity index (χ4v) is 2.67. The van der Waals surface area contributed by atoms with Gasteiger partial charge in [0.15, 0.2) is 0 Å². The van der Waals surface area contributed by atoms with Gasteiger partial charge >= 0.3 is 0 Å². The van der Waals surface area contributed by atoms with Crippen LogP contribution in [0.1, 0.15) is 37.0 Å². The molecule has 0 saturated heterocycles. The van der Waals surface area contributed by atoms with Gasteiger partial charge in [0.1, 0.15) is 12.4 Å². The van der Waals surface area contributed by atoms with E-state index in [1.165, 1.54) is 0 Å². The van der Waals surface area contributed by atoms with Crippen LogP contribution < -0.4 is 20.7 Å². The normalized spacial score (nSPS) is 10.3. The number of anilines is 2. The van der Waals surface area contributed by atoms with Gasteiger partial charge < -0.3 is 25.4 Å². The Morgan fingerprint density at radius 2 is 1.77 bits per heavy atom. The van der Waals surface area contributed by atoms with Crippen molar-refractivity contribution in [3.63, 3.8) is 0 Å². The summed E-state index contributed by atoms with van der Waals surface area (Å²) in [5, 5.41) is 8.77. The number of unbranched alkanes of at least 4 members (excludes halogenated alkanes) is 1. The molecule has 0 heterocycles. The first kappa shape index (κ1) is 23.2. The lowest BCUT2D eigenvalue weighted by molar-refractivity contribution is -0.114. The molecule has 2 aromatic carbocycles. The molecule has 30 heavy (non-hydrogen) atoms. The third-order valence-corrected chi connectivity index (χ3v) is 4.21. The number of hydrogen-bond donors (Lipinski definition) is 3. The van der Waals surface area contributed by atoms with Crippen molar-refractivity contribution in [1.82, 2.24) is 5.32 Å². The van der Waals surface area contributed by atoms with Gasteiger partial charge in [0.2, 0.25) is 5.91 Å². The fourth-order valence-electron chi connectivity index (χ4n) is 2.67. The Hall–Kier alpha value is -3.06. The summed E-state index contributed by atoms with van der Waals surface area (Å²) in [6.45, 7) is 6.37. The van der Waals surface area contributed by atoms with Crippen LogP contribution in [0.25, 0.3) is 0 Å². The molecule has 0 atom stereocenters. The number of amides is 2. The maximum Gasteiger partial charge on any atom is 0.251 e. The van der Waals surface area contributed by atoms with Gasteiger partial charge in [-0.25, -0.2) is 0 Å². The monoisotopic (exact) mass is 413 g/mol. The third kappa shape index (κ3) is 8.53. The second kappa shape index (κ2) is 13.2. The molecular formula is C23H31N3O4. The smallest absolute Gasteiger partial charge is 0.251 e. The second-order valence-corrected chi connectivity index (χ2v) is 6.67. The lowest BCUT2D eigenvalue weighted by atomic mass is 10.2. The molecule has 3 N–H and O–H groups in total. The van der Waals surface area contributed by atoms with Crippen LogP contribution in [0.3, 0.4) is 0 Å². The van der Waals surface area contributed by atoms with Crippen molar-refractivity contribution in [2.75, 3.05) is 43.5 Å². The van der Waals surface area contributed by atoms with Gasteiger partial charge in [-0.15, -0.1) is 0 Å². The van der Waals surface area contributed by atoms with E-state index < -0.39 is 0 Å². The molecule has 2 amide bonds. The quantitative estimate of drug-likeness (QED) is 0.436. The van der Waals surface area contributed by atoms with Gasteiger partial charge in [-0.2, -0.15) is 0 Å². The largest absolute Gasteiger partial charge is 0.491 e. The average Bonchev–Trinajstić information content (AvgIpc) is 2.76. The first-order valence-corrected chi connectivity index (χ1v) is 10.3. The lowest BCUT2D eigenvalue weighted by Gasteiger charge is -2.11. The van der Waals surface area contributed by atoms with Gasteiger partial charge in [-0.1, -0.05) is 25.5 Å². The van der Waals surface area contributed by atoms with Crippen molar-refractivity contribution in [3.8, 4) is 5.75 Å². The van der Waals surface area contributed by atoms with Gasteiger partial charge in [-0.05, 0) is 43.7 Å². The molecule has 2 aromatic rings. The van der Waals surface area contributed by atoms with E-state index in [0.29, 0.717) is 49.1 Å². The Kier molecular flexibility index (Phi) is 10.2. The Bertz CT molecular complexity index is 811. The average molecular weight is 414 g/mol. The number of hydrogen-bond acceptors (Lipinski definition) is 5. The molecule has 2 rings (SSSR count). The number of nitrogens with one attached hydrogen (secondary N) is 3. The Morgan fingerprint density at radius 3 is 2.57 bits per heavy atom. The minimum atomic E-state index is -0.195. The summed E-state index contributed by atoms with van der Waals surface area (Å²) in [5.74, 6) is 0.360. The molecule has 7 nitrogen and oxygen atoms in total. The van der Waals surface area contributed by atoms with E-state index in [4.69, 9.17) is 9.47 Å². The molecule has 0 bridgehead atoms. The topological polar surface area (TPSA) is 88.7 Å². The van der Waals surface area contributed by atoms with E-state index in [2.05, 4.69) is 22.9 Å². The van der Waals surface area contributed by atoms with E-state index in [1.54, 1.807) is 30.3 Å². The summed E-state index contributed by atoms with van der Waals surface area (Å²) >= 11 is 0. The maximum atomic E-state index is 12.3. The SMILES string of the molecule is CCCCNC(=O)c1cccc(NCC(=O)Nc2cccc(OCCOCC)c2)c1. The second-order valence-electron chi connectivity index (χ2n) is 6.67. The first-order valence-electron chi connectivity index (χ1n) is 10.3. The Morgan fingerprint density at radius 1 is 0.967 bits per heavy atom. The molecule has 0 aliphatic rings. The zero-order valence-electron chi connectivity index (χ0n) is 17.7. The molecule has 0 aromatic heterocycles. The summed E-state index contributed by atoms with van der Waals surface area (Å²) in [7, 11) is 0. The van der Waals surface area contributed by atoms with Gasteiger partial charge in [0.05, 0.1) is 13.2 Å². The lowest BCUT2D eigenvalue weighted by Crippen LogP contribution is -2.25. The zero-order valence-corrected chi connectivity index (χ0v) is 17.7. The highest BCUT2D eigenvalue weighted by molar-refractivity contribution is 5.96. The van der Waals surface area contributed by atoms with Crippen LogP contribution in [-0.2, 0) is 9.53 Å². The van der Waals surface area contributed by atoms with Gasteiger partial charge in [-0.3, -0.25) is 9.59 Å². The Balaban J connectivity index is 1.82. The van der Waals surface area contributed by atoms with Crippen molar-refractivity contribution >= 4 is 23.2 Å². The van der Waals surface area contributed by atoms with Crippen LogP contribution in [0.5, 0.6) is 5.75 Å². The standard InChI is InChI=1S/C23H31N3O4/c1-3-5-12-24-23(28)18-8-6-9-19(15-18)25-17-22(27)26-20-10-7-11-21(16-20)30-14-13-29-4-2/h6-11,15-16,25H,3-5,12-14,17H2,1-2H3,(H,24,28)(H,26,27). The van der Waals surface area contributed by atoms with Crippen LogP contribution in [-0.4, -0.2) is 44.7 Å². The zero-order chi connectivity index (χ0) is 21.6. The molecule has 0 aliphatic heterocycles. The molecule has 0 saturated carbocycles. The first-order chi connectivity index (χ1) is 14.6. The highest BCUT2D eigenvalue weighted by Crippen LogP contribution is 2.17. The molecule has 162 valence electrons. The molecule has 0 unspecified atom stereocenters. The number of rotatable bonds is 13. The van der Waals surface area contributed by atoms with Crippen LogP contribution in [0.4, 0.5) is 11.4 Å². The van der Waals surface area contributed by atoms with Crippen molar-refractivity contribution in [3.05, 3.63) is 54.1 Å². The molecule has 0 spiro atoms. The molecule has 0 fully saturated rings. The van der Waals surface area contributed by atoms with Crippen molar-refractivity contribution in [2.45, 2.75) is 26.7 Å². The van der Waals surface area contributed by atoms with Crippen LogP contribution in [0.2, 0.25) is 0 Å². The number of benzene rings is 2. The summed E-state index contributed by atoms with van der Waals surface area (Å²) < 4.78 is 10.8. The highest BCUT2D eigenvalue weighted by Gasteiger charge is 2.07. The van der Waals surface area contributed by atoms with E-state index in [9.17, 15) is 9.59 Å². The third-order valence-electron chi connectivity index (χ3n) is 4.21. The minimum Gasteiger partial charge on any atom is -0.491 e. The predicted octanol–water partition coefficient (Wildman–Crippen LogP) is 3.68. The van der Waals surface area contributed by atoms with Crippen LogP contribution >= 0.6 is 0 Å². The van der Waals surface area contributed by atoms with E-state index >= 15 is 0 Å². The van der Waals surface area contributed by atoms with Crippen LogP contribution in [0.15, 0.2) is 48.5 Å². The van der Waals surface area contributed by atoms with Crippen LogP contribution in [0, 0.1) is 0 Å². The molecule has 7 heteroatoms. The number of ether oxygens (including phenoxy) is 2. The maximum absolute atomic E-state index is 12.3. The number of carbonyl (C=O) groups is 2. The van der Waals surface area contributed by atoms with Gasteiger partial charge in [0.25, 0.3) is 5.91 Å². The molecule has 0 aliphatic carbocycles. The minimum absolute atomic E-state index is 0.0797. The number of carbonyl (C=O) groups excluding carboxylic acids is 2. The molecule has 0 radical (unpaired) electrons. The van der Waals surface area contributed by atoms with Gasteiger partial charge in [0, 0.05) is 36.2 Å². The fraction of sp³-hybridized carbons (Fsp3) is 0.391.